The largest absolute Gasteiger partial charge is 0.460 e. The number of hydrogen-bond acceptors (Lipinski definition) is 4. The van der Waals surface area contributed by atoms with Gasteiger partial charge in [0.05, 0.1) is 13.2 Å². The Hall–Kier alpha value is -3.05. The zero-order chi connectivity index (χ0) is 20.9. The van der Waals surface area contributed by atoms with Crippen LogP contribution in [-0.2, 0) is 25.6 Å². The molecule has 0 spiro atoms. The molecule has 0 aliphatic carbocycles. The topological polar surface area (TPSA) is 44.8 Å². The molecule has 29 heavy (non-hydrogen) atoms. The van der Waals surface area contributed by atoms with Gasteiger partial charge in [-0.05, 0) is 38.5 Å². The maximum atomic E-state index is 12.5. The minimum Gasteiger partial charge on any atom is -0.460 e. The van der Waals surface area contributed by atoms with E-state index in [0.29, 0.717) is 0 Å². The number of carbonyl (C=O) groups excluding carboxylic acids is 1. The fraction of sp³-hybridized carbons (Fsp3) is 0.320. The van der Waals surface area contributed by atoms with Crippen molar-refractivity contribution in [1.82, 2.24) is 0 Å². The van der Waals surface area contributed by atoms with Crippen LogP contribution in [0.2, 0.25) is 0 Å². The molecule has 1 heterocycles. The van der Waals surface area contributed by atoms with Crippen molar-refractivity contribution in [2.24, 2.45) is 5.41 Å². The van der Waals surface area contributed by atoms with Crippen molar-refractivity contribution in [3.8, 4) is 17.8 Å². The molecule has 2 aromatic carbocycles. The lowest BCUT2D eigenvalue weighted by Crippen LogP contribution is -2.49. The van der Waals surface area contributed by atoms with Crippen molar-refractivity contribution in [2.45, 2.75) is 33.2 Å². The smallest absolute Gasteiger partial charge is 0.316 e. The van der Waals surface area contributed by atoms with Crippen LogP contribution in [-0.4, -0.2) is 25.0 Å². The van der Waals surface area contributed by atoms with E-state index in [-0.39, 0.29) is 25.8 Å². The molecule has 4 nitrogen and oxygen atoms in total. The van der Waals surface area contributed by atoms with Crippen LogP contribution in [0.4, 0.5) is 0 Å². The van der Waals surface area contributed by atoms with E-state index in [9.17, 15) is 4.79 Å². The van der Waals surface area contributed by atoms with Gasteiger partial charge in [0.25, 0.3) is 0 Å². The summed E-state index contributed by atoms with van der Waals surface area (Å²) in [6.45, 7) is 6.17. The quantitative estimate of drug-likeness (QED) is 0.456. The maximum absolute atomic E-state index is 12.5. The zero-order valence-corrected chi connectivity index (χ0v) is 16.9. The standard InChI is InChI=1S/C25H23O4/c1-5-19-6-8-20(9-7-19)10-11-21-12-14-22(15-13-21)16-27-23(26)25(4)17-28-24(2,3)29-18-25/h6-9,12-15H,16-18H2,2-4H3/q-1. The molecule has 0 atom stereocenters. The summed E-state index contributed by atoms with van der Waals surface area (Å²) >= 11 is 0. The van der Waals surface area contributed by atoms with Gasteiger partial charge in [-0.25, -0.2) is 0 Å². The third-order valence-electron chi connectivity index (χ3n) is 4.67. The first kappa shape index (κ1) is 20.7. The van der Waals surface area contributed by atoms with Crippen molar-refractivity contribution >= 4 is 5.97 Å². The second-order valence-electron chi connectivity index (χ2n) is 7.76. The Balaban J connectivity index is 1.55. The Labute approximate surface area is 172 Å². The summed E-state index contributed by atoms with van der Waals surface area (Å²) < 4.78 is 16.7. The van der Waals surface area contributed by atoms with Gasteiger partial charge in [0.1, 0.15) is 12.0 Å². The van der Waals surface area contributed by atoms with Crippen molar-refractivity contribution in [3.63, 3.8) is 0 Å². The Morgan fingerprint density at radius 3 is 1.93 bits per heavy atom. The van der Waals surface area contributed by atoms with E-state index in [4.69, 9.17) is 20.6 Å². The molecule has 0 N–H and O–H groups in total. The molecule has 0 unspecified atom stereocenters. The third-order valence-corrected chi connectivity index (χ3v) is 4.67. The van der Waals surface area contributed by atoms with Crippen LogP contribution < -0.4 is 0 Å². The molecule has 2 aromatic rings. The lowest BCUT2D eigenvalue weighted by molar-refractivity contribution is -0.281. The first-order valence-corrected chi connectivity index (χ1v) is 9.39. The molecule has 1 fully saturated rings. The highest BCUT2D eigenvalue weighted by molar-refractivity contribution is 5.76. The monoisotopic (exact) mass is 387 g/mol. The molecule has 3 rings (SSSR count). The average molecular weight is 387 g/mol. The normalized spacial score (nSPS) is 16.8. The van der Waals surface area contributed by atoms with Crippen LogP contribution in [0.3, 0.4) is 0 Å². The minimum atomic E-state index is -0.800. The summed E-state index contributed by atoms with van der Waals surface area (Å²) in [5, 5.41) is 0. The number of carbonyl (C=O) groups is 1. The van der Waals surface area contributed by atoms with Crippen LogP contribution in [0.5, 0.6) is 0 Å². The van der Waals surface area contributed by atoms with Gasteiger partial charge in [-0.3, -0.25) is 10.7 Å². The van der Waals surface area contributed by atoms with Crippen LogP contribution in [0, 0.1) is 29.6 Å². The molecule has 0 amide bonds. The van der Waals surface area contributed by atoms with Crippen molar-refractivity contribution < 1.29 is 19.0 Å². The van der Waals surface area contributed by atoms with Gasteiger partial charge >= 0.3 is 5.97 Å². The van der Waals surface area contributed by atoms with Gasteiger partial charge in [-0.15, -0.1) is 17.7 Å². The lowest BCUT2D eigenvalue weighted by atomic mass is 9.92. The molecular weight excluding hydrogens is 364 g/mol. The molecule has 4 heteroatoms. The minimum absolute atomic E-state index is 0.188. The Bertz CT molecular complexity index is 957. The van der Waals surface area contributed by atoms with Gasteiger partial charge in [-0.1, -0.05) is 36.1 Å². The maximum Gasteiger partial charge on any atom is 0.316 e. The highest BCUT2D eigenvalue weighted by Crippen LogP contribution is 2.30. The van der Waals surface area contributed by atoms with E-state index in [2.05, 4.69) is 17.8 Å². The van der Waals surface area contributed by atoms with Gasteiger partial charge in [0, 0.05) is 11.1 Å². The highest BCUT2D eigenvalue weighted by Gasteiger charge is 2.43. The van der Waals surface area contributed by atoms with Gasteiger partial charge in [0.2, 0.25) is 0 Å². The zero-order valence-electron chi connectivity index (χ0n) is 16.9. The first-order chi connectivity index (χ1) is 13.8. The van der Waals surface area contributed by atoms with E-state index in [0.717, 1.165) is 22.3 Å². The Kier molecular flexibility index (Phi) is 6.09. The lowest BCUT2D eigenvalue weighted by Gasteiger charge is -2.39. The van der Waals surface area contributed by atoms with Crippen LogP contribution in [0.1, 0.15) is 43.0 Å². The second kappa shape index (κ2) is 8.53. The van der Waals surface area contributed by atoms with Gasteiger partial charge in [0.15, 0.2) is 5.79 Å². The summed E-state index contributed by atoms with van der Waals surface area (Å²) in [6.07, 6.45) is 7.09. The van der Waals surface area contributed by atoms with E-state index in [1.807, 2.05) is 50.2 Å². The average Bonchev–Trinajstić information content (AvgIpc) is 2.74. The summed E-state index contributed by atoms with van der Waals surface area (Å²) in [6, 6.07) is 14.9. The fourth-order valence-corrected chi connectivity index (χ4v) is 2.66. The molecular formula is C25H23O4-. The van der Waals surface area contributed by atoms with Crippen molar-refractivity contribution in [1.29, 1.82) is 0 Å². The molecule has 1 aliphatic rings. The molecule has 148 valence electrons. The number of ether oxygens (including phenoxy) is 3. The molecule has 0 bridgehead atoms. The Morgan fingerprint density at radius 1 is 0.931 bits per heavy atom. The van der Waals surface area contributed by atoms with Crippen molar-refractivity contribution in [3.05, 3.63) is 77.2 Å². The van der Waals surface area contributed by atoms with Gasteiger partial charge in [-0.2, -0.15) is 0 Å². The first-order valence-electron chi connectivity index (χ1n) is 9.39. The van der Waals surface area contributed by atoms with E-state index < -0.39 is 11.2 Å². The molecule has 0 saturated carbocycles. The highest BCUT2D eigenvalue weighted by atomic mass is 16.7. The number of benzene rings is 2. The van der Waals surface area contributed by atoms with E-state index >= 15 is 0 Å². The van der Waals surface area contributed by atoms with Crippen LogP contribution >= 0.6 is 0 Å². The van der Waals surface area contributed by atoms with Crippen LogP contribution in [0.15, 0.2) is 48.5 Å². The summed E-state index contributed by atoms with van der Waals surface area (Å²) in [5.41, 5.74) is 2.54. The number of rotatable bonds is 3. The summed E-state index contributed by atoms with van der Waals surface area (Å²) in [5.74, 6) is 7.51. The van der Waals surface area contributed by atoms with Gasteiger partial charge < -0.3 is 20.6 Å². The Morgan fingerprint density at radius 2 is 1.41 bits per heavy atom. The fourth-order valence-electron chi connectivity index (χ4n) is 2.66. The van der Waals surface area contributed by atoms with E-state index in [1.165, 1.54) is 0 Å². The molecule has 0 radical (unpaired) electrons. The predicted octanol–water partition coefficient (Wildman–Crippen LogP) is 3.86. The molecule has 1 aliphatic heterocycles. The SMILES string of the molecule is [C-]#Cc1ccc(C#Cc2ccc(COC(=O)C3(C)COC(C)(C)OC3)cc2)cc1. The third kappa shape index (κ3) is 5.48. The predicted molar refractivity (Wildman–Crippen MR) is 109 cm³/mol. The summed E-state index contributed by atoms with van der Waals surface area (Å²) in [4.78, 5) is 12.5. The van der Waals surface area contributed by atoms with Crippen molar-refractivity contribution in [2.75, 3.05) is 13.2 Å². The number of esters is 1. The molecule has 0 aromatic heterocycles. The number of hydrogen-bond donors (Lipinski definition) is 0. The van der Waals surface area contributed by atoms with E-state index in [1.54, 1.807) is 19.1 Å². The second-order valence-corrected chi connectivity index (χ2v) is 7.76. The van der Waals surface area contributed by atoms with Crippen LogP contribution in [0.25, 0.3) is 0 Å². The molecule has 1 saturated heterocycles. The summed E-state index contributed by atoms with van der Waals surface area (Å²) in [7, 11) is 0.